The van der Waals surface area contributed by atoms with Crippen molar-refractivity contribution < 1.29 is 10.2 Å². The number of aliphatic hydroxyl groups excluding tert-OH is 1. The van der Waals surface area contributed by atoms with Crippen LogP contribution in [0.15, 0.2) is 22.7 Å². The monoisotopic (exact) mass is 272 g/mol. The summed E-state index contributed by atoms with van der Waals surface area (Å²) in [5, 5.41) is 18.5. The summed E-state index contributed by atoms with van der Waals surface area (Å²) in [6.07, 6.45) is 2.84. The van der Waals surface area contributed by atoms with Crippen molar-refractivity contribution in [3.63, 3.8) is 0 Å². The predicted molar refractivity (Wildman–Crippen MR) is 65.0 cm³/mol. The van der Waals surface area contributed by atoms with Crippen molar-refractivity contribution in [2.24, 2.45) is 5.92 Å². The summed E-state index contributed by atoms with van der Waals surface area (Å²) in [5.41, 5.74) is 0.967. The molecule has 2 nitrogen and oxygen atoms in total. The van der Waals surface area contributed by atoms with Gasteiger partial charge in [0.25, 0.3) is 0 Å². The fourth-order valence-electron chi connectivity index (χ4n) is 1.49. The molecule has 0 aliphatic heterocycles. The van der Waals surface area contributed by atoms with Crippen LogP contribution < -0.4 is 0 Å². The van der Waals surface area contributed by atoms with E-state index in [-0.39, 0.29) is 6.61 Å². The molecule has 0 saturated heterocycles. The second-order valence-corrected chi connectivity index (χ2v) is 4.87. The van der Waals surface area contributed by atoms with E-state index in [1.54, 1.807) is 6.07 Å². The number of halogens is 1. The molecule has 0 aromatic heterocycles. The summed E-state index contributed by atoms with van der Waals surface area (Å²) in [5.74, 6) is 0.703. The van der Waals surface area contributed by atoms with Crippen LogP contribution in [-0.4, -0.2) is 16.8 Å². The lowest BCUT2D eigenvalue weighted by Crippen LogP contribution is -2.01. The molecule has 0 saturated carbocycles. The molecular formula is C12H17BrO2. The van der Waals surface area contributed by atoms with E-state index in [0.29, 0.717) is 11.7 Å². The number of phenolic OH excluding ortho intramolecular Hbond substituents is 1. The Hall–Kier alpha value is -0.540. The van der Waals surface area contributed by atoms with Crippen LogP contribution in [0.25, 0.3) is 0 Å². The van der Waals surface area contributed by atoms with Crippen molar-refractivity contribution in [2.45, 2.75) is 26.2 Å². The molecule has 84 valence electrons. The van der Waals surface area contributed by atoms with E-state index in [1.807, 2.05) is 19.1 Å². The normalized spacial score (nSPS) is 12.7. The quantitative estimate of drug-likeness (QED) is 0.865. The number of rotatable bonds is 5. The third-order valence-corrected chi connectivity index (χ3v) is 2.99. The highest BCUT2D eigenvalue weighted by atomic mass is 79.9. The fraction of sp³-hybridized carbons (Fsp3) is 0.500. The van der Waals surface area contributed by atoms with Crippen LogP contribution in [0.2, 0.25) is 0 Å². The molecule has 15 heavy (non-hydrogen) atoms. The maximum atomic E-state index is 9.59. The standard InChI is InChI=1S/C12H17BrO2/c1-9(8-14)3-2-4-10-7-11(13)5-6-12(10)15/h5-7,9,14-15H,2-4,8H2,1H3/t9-/m0/s1. The summed E-state index contributed by atoms with van der Waals surface area (Å²) in [6.45, 7) is 2.27. The average molecular weight is 273 g/mol. The summed E-state index contributed by atoms with van der Waals surface area (Å²) < 4.78 is 0.991. The maximum Gasteiger partial charge on any atom is 0.118 e. The van der Waals surface area contributed by atoms with E-state index < -0.39 is 0 Å². The lowest BCUT2D eigenvalue weighted by Gasteiger charge is -2.08. The van der Waals surface area contributed by atoms with E-state index >= 15 is 0 Å². The molecule has 0 radical (unpaired) electrons. The van der Waals surface area contributed by atoms with Gasteiger partial charge in [-0.05, 0) is 48.9 Å². The van der Waals surface area contributed by atoms with Gasteiger partial charge in [-0.15, -0.1) is 0 Å². The first-order valence-electron chi connectivity index (χ1n) is 5.21. The maximum absolute atomic E-state index is 9.59. The van der Waals surface area contributed by atoms with Gasteiger partial charge in [0.05, 0.1) is 0 Å². The Morgan fingerprint density at radius 3 is 2.80 bits per heavy atom. The van der Waals surface area contributed by atoms with Crippen molar-refractivity contribution in [1.82, 2.24) is 0 Å². The van der Waals surface area contributed by atoms with Gasteiger partial charge < -0.3 is 10.2 Å². The zero-order valence-corrected chi connectivity index (χ0v) is 10.5. The number of hydrogen-bond acceptors (Lipinski definition) is 2. The summed E-state index contributed by atoms with van der Waals surface area (Å²) in [4.78, 5) is 0. The molecule has 0 bridgehead atoms. The zero-order valence-electron chi connectivity index (χ0n) is 8.91. The third-order valence-electron chi connectivity index (χ3n) is 2.50. The Morgan fingerprint density at radius 2 is 2.13 bits per heavy atom. The number of phenols is 1. The van der Waals surface area contributed by atoms with Gasteiger partial charge in [-0.2, -0.15) is 0 Å². The van der Waals surface area contributed by atoms with Crippen molar-refractivity contribution in [3.05, 3.63) is 28.2 Å². The first-order chi connectivity index (χ1) is 7.13. The van der Waals surface area contributed by atoms with Crippen LogP contribution in [0.5, 0.6) is 5.75 Å². The summed E-state index contributed by atoms with van der Waals surface area (Å²) >= 11 is 3.38. The topological polar surface area (TPSA) is 40.5 Å². The number of benzene rings is 1. The smallest absolute Gasteiger partial charge is 0.118 e. The van der Waals surface area contributed by atoms with Gasteiger partial charge >= 0.3 is 0 Å². The number of hydrogen-bond donors (Lipinski definition) is 2. The molecule has 1 atom stereocenters. The van der Waals surface area contributed by atoms with Crippen LogP contribution >= 0.6 is 15.9 Å². The van der Waals surface area contributed by atoms with Gasteiger partial charge in [0.15, 0.2) is 0 Å². The molecule has 3 heteroatoms. The second-order valence-electron chi connectivity index (χ2n) is 3.95. The van der Waals surface area contributed by atoms with Crippen LogP contribution in [-0.2, 0) is 6.42 Å². The second kappa shape index (κ2) is 6.13. The highest BCUT2D eigenvalue weighted by molar-refractivity contribution is 9.10. The predicted octanol–water partition coefficient (Wildman–Crippen LogP) is 3.11. The largest absolute Gasteiger partial charge is 0.508 e. The van der Waals surface area contributed by atoms with E-state index in [9.17, 15) is 5.11 Å². The first kappa shape index (κ1) is 12.5. The van der Waals surface area contributed by atoms with Gasteiger partial charge in [0, 0.05) is 11.1 Å². The van der Waals surface area contributed by atoms with Gasteiger partial charge in [-0.1, -0.05) is 22.9 Å². The Morgan fingerprint density at radius 1 is 1.40 bits per heavy atom. The van der Waals surface area contributed by atoms with Crippen LogP contribution in [0.4, 0.5) is 0 Å². The van der Waals surface area contributed by atoms with E-state index in [1.165, 1.54) is 0 Å². The Kier molecular flexibility index (Phi) is 5.12. The van der Waals surface area contributed by atoms with E-state index in [4.69, 9.17) is 5.11 Å². The Bertz CT molecular complexity index is 312. The van der Waals surface area contributed by atoms with Crippen LogP contribution in [0.1, 0.15) is 25.3 Å². The molecule has 1 aromatic rings. The number of aromatic hydroxyl groups is 1. The molecule has 0 spiro atoms. The van der Waals surface area contributed by atoms with Gasteiger partial charge in [0.1, 0.15) is 5.75 Å². The van der Waals surface area contributed by atoms with Gasteiger partial charge in [0.2, 0.25) is 0 Å². The number of aryl methyl sites for hydroxylation is 1. The average Bonchev–Trinajstić information content (AvgIpc) is 2.23. The molecule has 0 heterocycles. The summed E-state index contributed by atoms with van der Waals surface area (Å²) in [6, 6.07) is 5.48. The fourth-order valence-corrected chi connectivity index (χ4v) is 1.90. The van der Waals surface area contributed by atoms with Crippen molar-refractivity contribution >= 4 is 15.9 Å². The SMILES string of the molecule is C[C@H](CO)CCCc1cc(Br)ccc1O. The minimum absolute atomic E-state index is 0.241. The van der Waals surface area contributed by atoms with Crippen molar-refractivity contribution in [2.75, 3.05) is 6.61 Å². The lowest BCUT2D eigenvalue weighted by molar-refractivity contribution is 0.228. The molecular weight excluding hydrogens is 256 g/mol. The van der Waals surface area contributed by atoms with Gasteiger partial charge in [-0.3, -0.25) is 0 Å². The lowest BCUT2D eigenvalue weighted by atomic mass is 10.0. The summed E-state index contributed by atoms with van der Waals surface area (Å²) in [7, 11) is 0. The highest BCUT2D eigenvalue weighted by Crippen LogP contribution is 2.23. The molecule has 2 N–H and O–H groups in total. The minimum Gasteiger partial charge on any atom is -0.508 e. The van der Waals surface area contributed by atoms with Crippen LogP contribution in [0.3, 0.4) is 0 Å². The molecule has 0 unspecified atom stereocenters. The highest BCUT2D eigenvalue weighted by Gasteiger charge is 2.04. The molecule has 0 amide bonds. The Labute approximate surface area is 99.1 Å². The van der Waals surface area contributed by atoms with E-state index in [2.05, 4.69) is 15.9 Å². The molecule has 1 rings (SSSR count). The molecule has 0 fully saturated rings. The van der Waals surface area contributed by atoms with Gasteiger partial charge in [-0.25, -0.2) is 0 Å². The van der Waals surface area contributed by atoms with Crippen molar-refractivity contribution in [1.29, 1.82) is 0 Å². The minimum atomic E-state index is 0.241. The first-order valence-corrected chi connectivity index (χ1v) is 6.01. The molecule has 0 aliphatic rings. The van der Waals surface area contributed by atoms with Crippen LogP contribution in [0, 0.1) is 5.92 Å². The molecule has 1 aromatic carbocycles. The van der Waals surface area contributed by atoms with E-state index in [0.717, 1.165) is 29.3 Å². The third kappa shape index (κ3) is 4.22. The number of aliphatic hydroxyl groups is 1. The Balaban J connectivity index is 2.46. The molecule has 0 aliphatic carbocycles. The van der Waals surface area contributed by atoms with Crippen molar-refractivity contribution in [3.8, 4) is 5.75 Å². The zero-order chi connectivity index (χ0) is 11.3.